The van der Waals surface area contributed by atoms with Crippen LogP contribution < -0.4 is 28.4 Å². The lowest BCUT2D eigenvalue weighted by Crippen LogP contribution is -2.45. The molecule has 0 amide bonds. The van der Waals surface area contributed by atoms with Gasteiger partial charge in [-0.25, -0.2) is 0 Å². The molecule has 0 unspecified atom stereocenters. The zero-order chi connectivity index (χ0) is 31.1. The molecular weight excluding hydrogens is 665 g/mol. The number of methoxy groups -OCH3 is 6. The first kappa shape index (κ1) is 39.6. The molecule has 0 bridgehead atoms. The van der Waals surface area contributed by atoms with Crippen LogP contribution in [0.5, 0.6) is 34.5 Å². The first-order valence-corrected chi connectivity index (χ1v) is 14.6. The molecule has 0 atom stereocenters. The van der Waals surface area contributed by atoms with Crippen LogP contribution in [0.15, 0.2) is 66.9 Å². The van der Waals surface area contributed by atoms with E-state index in [2.05, 4.69) is 51.2 Å². The van der Waals surface area contributed by atoms with Crippen LogP contribution >= 0.6 is 37.2 Å². The summed E-state index contributed by atoms with van der Waals surface area (Å²) in [6, 6.07) is 20.6. The van der Waals surface area contributed by atoms with Gasteiger partial charge < -0.3 is 28.4 Å². The number of aromatic nitrogens is 1. The predicted octanol–water partition coefficient (Wildman–Crippen LogP) is 7.05. The molecule has 1 aliphatic rings. The summed E-state index contributed by atoms with van der Waals surface area (Å²) in [5.41, 5.74) is 6.45. The lowest BCUT2D eigenvalue weighted by Gasteiger charge is -2.35. The van der Waals surface area contributed by atoms with Gasteiger partial charge in [0.1, 0.15) is 0 Å². The zero-order valence-electron chi connectivity index (χ0n) is 27.6. The SMILES string of the molecule is COc1cc(-c2cc(CN3CCN(Cc4ccccc4-c4cc(OC)c(OC)c(OC)c4)CC3)ccn2)cc(OC)c1OC.Cl.Cl.Cl. The molecule has 2 heterocycles. The van der Waals surface area contributed by atoms with Crippen LogP contribution in [0.25, 0.3) is 22.4 Å². The summed E-state index contributed by atoms with van der Waals surface area (Å²) in [7, 11) is 9.76. The summed E-state index contributed by atoms with van der Waals surface area (Å²) in [6.07, 6.45) is 1.87. The molecule has 1 fully saturated rings. The Morgan fingerprint density at radius 1 is 0.553 bits per heavy atom. The van der Waals surface area contributed by atoms with E-state index >= 15 is 0 Å². The number of hydrogen-bond donors (Lipinski definition) is 0. The van der Waals surface area contributed by atoms with Crippen LogP contribution in [-0.2, 0) is 13.1 Å². The second kappa shape index (κ2) is 18.7. The molecule has 9 nitrogen and oxygen atoms in total. The molecule has 47 heavy (non-hydrogen) atoms. The Hall–Kier alpha value is -3.60. The minimum absolute atomic E-state index is 0. The van der Waals surface area contributed by atoms with Gasteiger partial charge in [-0.2, -0.15) is 0 Å². The third-order valence-electron chi connectivity index (χ3n) is 8.04. The Labute approximate surface area is 296 Å². The minimum atomic E-state index is 0. The van der Waals surface area contributed by atoms with Gasteiger partial charge >= 0.3 is 0 Å². The highest BCUT2D eigenvalue weighted by Crippen LogP contribution is 2.42. The topological polar surface area (TPSA) is 74.8 Å². The second-order valence-electron chi connectivity index (χ2n) is 10.6. The maximum Gasteiger partial charge on any atom is 0.203 e. The molecule has 1 aromatic heterocycles. The van der Waals surface area contributed by atoms with Gasteiger partial charge in [-0.15, -0.1) is 37.2 Å². The van der Waals surface area contributed by atoms with Crippen molar-refractivity contribution in [2.75, 3.05) is 68.8 Å². The van der Waals surface area contributed by atoms with Crippen molar-refractivity contribution < 1.29 is 28.4 Å². The maximum atomic E-state index is 5.61. The monoisotopic (exact) mass is 707 g/mol. The van der Waals surface area contributed by atoms with Crippen LogP contribution in [0.4, 0.5) is 0 Å². The van der Waals surface area contributed by atoms with E-state index in [-0.39, 0.29) is 37.2 Å². The van der Waals surface area contributed by atoms with Gasteiger partial charge in [0.25, 0.3) is 0 Å². The Kier molecular flexibility index (Phi) is 15.7. The fourth-order valence-electron chi connectivity index (χ4n) is 5.74. The Balaban J connectivity index is 0.00000256. The standard InChI is InChI=1S/C35H41N3O6.3ClH/c1-39-30-18-26(19-31(40-2)34(30)43-5)28-10-8-7-9-25(28)23-38-15-13-37(14-16-38)22-24-11-12-36-29(17-24)27-20-32(41-3)35(44-6)33(21-27)42-4;;;/h7-12,17-21H,13-16,22-23H2,1-6H3;3*1H. The molecule has 4 aromatic rings. The summed E-state index contributed by atoms with van der Waals surface area (Å²) >= 11 is 0. The molecule has 12 heteroatoms. The van der Waals surface area contributed by atoms with Gasteiger partial charge in [0, 0.05) is 51.0 Å². The summed E-state index contributed by atoms with van der Waals surface area (Å²) < 4.78 is 33.3. The molecule has 0 aliphatic carbocycles. The van der Waals surface area contributed by atoms with Crippen molar-refractivity contribution in [2.24, 2.45) is 0 Å². The normalized spacial score (nSPS) is 12.9. The van der Waals surface area contributed by atoms with Crippen LogP contribution in [0.1, 0.15) is 11.1 Å². The number of pyridine rings is 1. The summed E-state index contributed by atoms with van der Waals surface area (Å²) in [6.45, 7) is 5.64. The quantitative estimate of drug-likeness (QED) is 0.154. The van der Waals surface area contributed by atoms with Crippen LogP contribution in [0.3, 0.4) is 0 Å². The molecule has 1 saturated heterocycles. The average Bonchev–Trinajstić information content (AvgIpc) is 3.08. The van der Waals surface area contributed by atoms with Gasteiger partial charge in [0.15, 0.2) is 23.0 Å². The minimum Gasteiger partial charge on any atom is -0.493 e. The fourth-order valence-corrected chi connectivity index (χ4v) is 5.74. The van der Waals surface area contributed by atoms with Gasteiger partial charge in [-0.05, 0) is 58.7 Å². The number of hydrogen-bond acceptors (Lipinski definition) is 9. The van der Waals surface area contributed by atoms with E-state index in [1.165, 1.54) is 11.1 Å². The molecule has 0 spiro atoms. The number of ether oxygens (including phenoxy) is 6. The summed E-state index contributed by atoms with van der Waals surface area (Å²) in [5, 5.41) is 0. The van der Waals surface area contributed by atoms with Crippen molar-refractivity contribution in [3.63, 3.8) is 0 Å². The molecular formula is C35H44Cl3N3O6. The van der Waals surface area contributed by atoms with Crippen LogP contribution in [-0.4, -0.2) is 83.6 Å². The molecule has 3 aromatic carbocycles. The van der Waals surface area contributed by atoms with Crippen LogP contribution in [0.2, 0.25) is 0 Å². The van der Waals surface area contributed by atoms with Gasteiger partial charge in [0.2, 0.25) is 11.5 Å². The van der Waals surface area contributed by atoms with Crippen molar-refractivity contribution >= 4 is 37.2 Å². The number of halogens is 3. The first-order valence-electron chi connectivity index (χ1n) is 14.6. The Morgan fingerprint density at radius 2 is 1.02 bits per heavy atom. The lowest BCUT2D eigenvalue weighted by atomic mass is 9.98. The summed E-state index contributed by atoms with van der Waals surface area (Å²) in [5.74, 6) is 3.68. The van der Waals surface area contributed by atoms with E-state index in [0.717, 1.165) is 61.7 Å². The average molecular weight is 709 g/mol. The third kappa shape index (κ3) is 9.06. The van der Waals surface area contributed by atoms with Crippen molar-refractivity contribution in [1.29, 1.82) is 0 Å². The maximum absolute atomic E-state index is 5.61. The molecule has 1 aliphatic heterocycles. The highest BCUT2D eigenvalue weighted by atomic mass is 35.5. The lowest BCUT2D eigenvalue weighted by molar-refractivity contribution is 0.122. The molecule has 0 radical (unpaired) electrons. The van der Waals surface area contributed by atoms with Gasteiger partial charge in [-0.1, -0.05) is 24.3 Å². The third-order valence-corrected chi connectivity index (χ3v) is 8.04. The van der Waals surface area contributed by atoms with Gasteiger partial charge in [0.05, 0.1) is 48.4 Å². The highest BCUT2D eigenvalue weighted by Gasteiger charge is 2.21. The van der Waals surface area contributed by atoms with E-state index in [0.29, 0.717) is 34.5 Å². The van der Waals surface area contributed by atoms with Crippen molar-refractivity contribution in [3.05, 3.63) is 78.0 Å². The zero-order valence-corrected chi connectivity index (χ0v) is 30.1. The van der Waals surface area contributed by atoms with Crippen molar-refractivity contribution in [3.8, 4) is 56.9 Å². The number of piperazine rings is 1. The van der Waals surface area contributed by atoms with E-state index in [1.807, 2.05) is 30.5 Å². The van der Waals surface area contributed by atoms with E-state index in [1.54, 1.807) is 42.7 Å². The Morgan fingerprint density at radius 3 is 1.51 bits per heavy atom. The fraction of sp³-hybridized carbons (Fsp3) is 0.343. The number of nitrogens with zero attached hydrogens (tertiary/aromatic N) is 3. The summed E-state index contributed by atoms with van der Waals surface area (Å²) in [4.78, 5) is 9.64. The second-order valence-corrected chi connectivity index (χ2v) is 10.6. The molecule has 0 saturated carbocycles. The smallest absolute Gasteiger partial charge is 0.203 e. The van der Waals surface area contributed by atoms with Crippen molar-refractivity contribution in [1.82, 2.24) is 14.8 Å². The highest BCUT2D eigenvalue weighted by molar-refractivity contribution is 5.86. The molecule has 5 rings (SSSR count). The van der Waals surface area contributed by atoms with E-state index < -0.39 is 0 Å². The van der Waals surface area contributed by atoms with E-state index in [9.17, 15) is 0 Å². The Bertz CT molecular complexity index is 1530. The number of rotatable bonds is 12. The van der Waals surface area contributed by atoms with E-state index in [4.69, 9.17) is 28.4 Å². The first-order chi connectivity index (χ1) is 21.5. The largest absolute Gasteiger partial charge is 0.493 e. The predicted molar refractivity (Wildman–Crippen MR) is 193 cm³/mol. The molecule has 0 N–H and O–H groups in total. The van der Waals surface area contributed by atoms with Crippen LogP contribution in [0, 0.1) is 0 Å². The number of benzene rings is 3. The van der Waals surface area contributed by atoms with Crippen molar-refractivity contribution in [2.45, 2.75) is 13.1 Å². The molecule has 256 valence electrons. The van der Waals surface area contributed by atoms with Gasteiger partial charge in [-0.3, -0.25) is 14.8 Å².